The third-order valence-electron chi connectivity index (χ3n) is 3.51. The van der Waals surface area contributed by atoms with Gasteiger partial charge >= 0.3 is 0 Å². The van der Waals surface area contributed by atoms with Gasteiger partial charge in [-0.05, 0) is 38.5 Å². The zero-order valence-electron chi connectivity index (χ0n) is 10.4. The quantitative estimate of drug-likeness (QED) is 0.809. The highest BCUT2D eigenvalue weighted by Gasteiger charge is 2.34. The summed E-state index contributed by atoms with van der Waals surface area (Å²) in [6, 6.07) is 0. The van der Waals surface area contributed by atoms with Crippen LogP contribution in [0.15, 0.2) is 0 Å². The van der Waals surface area contributed by atoms with Gasteiger partial charge in [0.25, 0.3) is 5.91 Å². The van der Waals surface area contributed by atoms with Gasteiger partial charge in [-0.25, -0.2) is 0 Å². The van der Waals surface area contributed by atoms with Crippen LogP contribution >= 0.6 is 12.4 Å². The molecule has 2 N–H and O–H groups in total. The number of carbonyl (C=O) groups is 1. The zero-order valence-corrected chi connectivity index (χ0v) is 11.2. The van der Waals surface area contributed by atoms with Gasteiger partial charge in [-0.15, -0.1) is 12.4 Å². The molecule has 17 heavy (non-hydrogen) atoms. The van der Waals surface area contributed by atoms with Crippen molar-refractivity contribution in [3.05, 3.63) is 0 Å². The Kier molecular flexibility index (Phi) is 5.70. The second kappa shape index (κ2) is 6.57. The van der Waals surface area contributed by atoms with E-state index < -0.39 is 0 Å². The molecule has 2 fully saturated rings. The fourth-order valence-electron chi connectivity index (χ4n) is 2.25. The number of halogens is 1. The van der Waals surface area contributed by atoms with Gasteiger partial charge in [0, 0.05) is 19.6 Å². The van der Waals surface area contributed by atoms with Crippen LogP contribution in [0.2, 0.25) is 0 Å². The van der Waals surface area contributed by atoms with E-state index in [0.29, 0.717) is 6.54 Å². The maximum Gasteiger partial charge on any atom is 0.251 e. The van der Waals surface area contributed by atoms with Crippen LogP contribution in [0, 0.1) is 5.92 Å². The van der Waals surface area contributed by atoms with Crippen LogP contribution < -0.4 is 5.73 Å². The standard InChI is InChI=1S/C12H22N2O2.ClH/c1-2-14(8-9-3-4-9)12(15)11-6-5-10(7-13)16-11;/h9-11H,2-8,13H2,1H3;1H/t10-,11+;/m1./s1. The van der Waals surface area contributed by atoms with E-state index in [1.807, 2.05) is 11.8 Å². The average molecular weight is 263 g/mol. The lowest BCUT2D eigenvalue weighted by Gasteiger charge is -2.24. The summed E-state index contributed by atoms with van der Waals surface area (Å²) in [7, 11) is 0. The molecule has 0 aromatic rings. The molecule has 0 aromatic carbocycles. The Labute approximate surface area is 109 Å². The summed E-state index contributed by atoms with van der Waals surface area (Å²) in [6.07, 6.45) is 4.18. The number of hydrogen-bond donors (Lipinski definition) is 1. The maximum atomic E-state index is 12.2. The number of nitrogens with two attached hydrogens (primary N) is 1. The predicted molar refractivity (Wildman–Crippen MR) is 69.2 cm³/mol. The zero-order chi connectivity index (χ0) is 11.5. The molecule has 2 atom stereocenters. The Balaban J connectivity index is 0.00000144. The summed E-state index contributed by atoms with van der Waals surface area (Å²) in [5.74, 6) is 0.918. The second-order valence-electron chi connectivity index (χ2n) is 4.88. The molecule has 1 aliphatic heterocycles. The first-order valence-electron chi connectivity index (χ1n) is 6.39. The van der Waals surface area contributed by atoms with Crippen LogP contribution in [-0.2, 0) is 9.53 Å². The van der Waals surface area contributed by atoms with Crippen LogP contribution in [-0.4, -0.2) is 42.6 Å². The minimum Gasteiger partial charge on any atom is -0.364 e. The van der Waals surface area contributed by atoms with Crippen molar-refractivity contribution in [3.63, 3.8) is 0 Å². The first-order valence-corrected chi connectivity index (χ1v) is 6.39. The van der Waals surface area contributed by atoms with Crippen molar-refractivity contribution >= 4 is 18.3 Å². The third kappa shape index (κ3) is 3.83. The summed E-state index contributed by atoms with van der Waals surface area (Å²) in [5, 5.41) is 0. The van der Waals surface area contributed by atoms with Crippen molar-refractivity contribution < 1.29 is 9.53 Å². The normalized spacial score (nSPS) is 27.6. The van der Waals surface area contributed by atoms with Gasteiger partial charge in [0.05, 0.1) is 6.10 Å². The molecule has 4 nitrogen and oxygen atoms in total. The van der Waals surface area contributed by atoms with Crippen LogP contribution in [0.1, 0.15) is 32.6 Å². The van der Waals surface area contributed by atoms with Gasteiger partial charge < -0.3 is 15.4 Å². The van der Waals surface area contributed by atoms with Gasteiger partial charge in [0.1, 0.15) is 6.10 Å². The van der Waals surface area contributed by atoms with Gasteiger partial charge in [-0.2, -0.15) is 0 Å². The molecule has 0 aromatic heterocycles. The van der Waals surface area contributed by atoms with E-state index in [4.69, 9.17) is 10.5 Å². The first-order chi connectivity index (χ1) is 7.74. The molecule has 1 saturated heterocycles. The SMILES string of the molecule is CCN(CC1CC1)C(=O)[C@@H]1CC[C@H](CN)O1.Cl. The highest BCUT2D eigenvalue weighted by molar-refractivity contribution is 5.85. The van der Waals surface area contributed by atoms with E-state index in [2.05, 4.69) is 0 Å². The van der Waals surface area contributed by atoms with Gasteiger partial charge in [0.15, 0.2) is 0 Å². The number of ether oxygens (including phenoxy) is 1. The Morgan fingerprint density at radius 2 is 2.06 bits per heavy atom. The van der Waals surface area contributed by atoms with E-state index in [1.54, 1.807) is 0 Å². The Bertz CT molecular complexity index is 259. The summed E-state index contributed by atoms with van der Waals surface area (Å²) < 4.78 is 5.64. The molecule has 1 amide bonds. The monoisotopic (exact) mass is 262 g/mol. The molecule has 0 bridgehead atoms. The summed E-state index contributed by atoms with van der Waals surface area (Å²) >= 11 is 0. The lowest BCUT2D eigenvalue weighted by Crippen LogP contribution is -2.40. The van der Waals surface area contributed by atoms with E-state index in [9.17, 15) is 4.79 Å². The fraction of sp³-hybridized carbons (Fsp3) is 0.917. The van der Waals surface area contributed by atoms with Crippen LogP contribution in [0.5, 0.6) is 0 Å². The second-order valence-corrected chi connectivity index (χ2v) is 4.88. The summed E-state index contributed by atoms with van der Waals surface area (Å²) in [6.45, 7) is 4.28. The van der Waals surface area contributed by atoms with Gasteiger partial charge in [0.2, 0.25) is 0 Å². The first kappa shape index (κ1) is 14.7. The Morgan fingerprint density at radius 1 is 1.35 bits per heavy atom. The van der Waals surface area contributed by atoms with Crippen molar-refractivity contribution in [1.29, 1.82) is 0 Å². The van der Waals surface area contributed by atoms with Crippen LogP contribution in [0.25, 0.3) is 0 Å². The van der Waals surface area contributed by atoms with Gasteiger partial charge in [-0.3, -0.25) is 4.79 Å². The molecule has 1 heterocycles. The number of rotatable bonds is 5. The minimum absolute atomic E-state index is 0. The molecule has 2 rings (SSSR count). The minimum atomic E-state index is -0.229. The molecule has 0 unspecified atom stereocenters. The molecular weight excluding hydrogens is 240 g/mol. The number of amides is 1. The molecule has 1 aliphatic carbocycles. The van der Waals surface area contributed by atoms with Crippen molar-refractivity contribution in [2.75, 3.05) is 19.6 Å². The smallest absolute Gasteiger partial charge is 0.251 e. The van der Waals surface area contributed by atoms with E-state index >= 15 is 0 Å². The lowest BCUT2D eigenvalue weighted by molar-refractivity contribution is -0.142. The molecule has 0 spiro atoms. The van der Waals surface area contributed by atoms with Crippen molar-refractivity contribution in [2.45, 2.75) is 44.8 Å². The highest BCUT2D eigenvalue weighted by atomic mass is 35.5. The molecule has 100 valence electrons. The predicted octanol–water partition coefficient (Wildman–Crippen LogP) is 1.17. The van der Waals surface area contributed by atoms with Crippen molar-refractivity contribution in [1.82, 2.24) is 4.90 Å². The number of likely N-dealkylation sites (N-methyl/N-ethyl adjacent to an activating group) is 1. The maximum absolute atomic E-state index is 12.2. The van der Waals surface area contributed by atoms with E-state index in [-0.39, 0.29) is 30.5 Å². The molecule has 1 saturated carbocycles. The largest absolute Gasteiger partial charge is 0.364 e. The van der Waals surface area contributed by atoms with Crippen molar-refractivity contribution in [2.24, 2.45) is 11.7 Å². The molecule has 0 radical (unpaired) electrons. The lowest BCUT2D eigenvalue weighted by atomic mass is 10.1. The number of carbonyl (C=O) groups excluding carboxylic acids is 1. The molecular formula is C12H23ClN2O2. The summed E-state index contributed by atoms with van der Waals surface area (Å²) in [4.78, 5) is 14.1. The van der Waals surface area contributed by atoms with E-state index in [1.165, 1.54) is 12.8 Å². The van der Waals surface area contributed by atoms with Crippen LogP contribution in [0.4, 0.5) is 0 Å². The average Bonchev–Trinajstić information content (AvgIpc) is 2.99. The fourth-order valence-corrected chi connectivity index (χ4v) is 2.25. The Hall–Kier alpha value is -0.320. The number of nitrogens with zero attached hydrogens (tertiary/aromatic N) is 1. The molecule has 5 heteroatoms. The highest BCUT2D eigenvalue weighted by Crippen LogP contribution is 2.30. The van der Waals surface area contributed by atoms with Crippen molar-refractivity contribution in [3.8, 4) is 0 Å². The van der Waals surface area contributed by atoms with E-state index in [0.717, 1.165) is 31.8 Å². The Morgan fingerprint density at radius 3 is 2.53 bits per heavy atom. The third-order valence-corrected chi connectivity index (χ3v) is 3.51. The van der Waals surface area contributed by atoms with Crippen LogP contribution in [0.3, 0.4) is 0 Å². The number of hydrogen-bond acceptors (Lipinski definition) is 3. The summed E-state index contributed by atoms with van der Waals surface area (Å²) in [5.41, 5.74) is 5.55. The topological polar surface area (TPSA) is 55.6 Å². The molecule has 2 aliphatic rings. The van der Waals surface area contributed by atoms with Gasteiger partial charge in [-0.1, -0.05) is 0 Å².